The van der Waals surface area contributed by atoms with Crippen LogP contribution in [0, 0.1) is 0 Å². The van der Waals surface area contributed by atoms with E-state index in [1.807, 2.05) is 42.5 Å². The summed E-state index contributed by atoms with van der Waals surface area (Å²) >= 11 is 1.59. The van der Waals surface area contributed by atoms with Gasteiger partial charge >= 0.3 is 5.97 Å². The first-order valence-electron chi connectivity index (χ1n) is 6.86. The number of carbonyl (C=O) groups is 2. The predicted octanol–water partition coefficient (Wildman–Crippen LogP) is 2.53. The number of likely N-dealkylation sites (N-methyl/N-ethyl adjacent to an activating group) is 1. The number of unbranched alkanes of at least 4 members (excludes halogenated alkanes) is 1. The van der Waals surface area contributed by atoms with Gasteiger partial charge in [0.15, 0.2) is 0 Å². The Hall–Kier alpha value is -1.53. The number of nitrogens with one attached hydrogen (secondary N) is 1. The van der Waals surface area contributed by atoms with Gasteiger partial charge in [-0.1, -0.05) is 12.1 Å². The van der Waals surface area contributed by atoms with Gasteiger partial charge in [0.2, 0.25) is 5.91 Å². The molecule has 0 saturated heterocycles. The summed E-state index contributed by atoms with van der Waals surface area (Å²) in [6.07, 6.45) is 3.56. The Kier molecular flexibility index (Phi) is 7.85. The minimum atomic E-state index is -0.774. The van der Waals surface area contributed by atoms with Crippen LogP contribution < -0.4 is 5.32 Å². The number of hydrogen-bond acceptors (Lipinski definition) is 4. The van der Waals surface area contributed by atoms with E-state index in [1.165, 1.54) is 0 Å². The quantitative estimate of drug-likeness (QED) is 0.542. The molecule has 0 aromatic heterocycles. The Morgan fingerprint density at radius 2 is 2.00 bits per heavy atom. The van der Waals surface area contributed by atoms with E-state index in [0.717, 1.165) is 17.0 Å². The molecule has 1 amide bonds. The minimum absolute atomic E-state index is 0.0581. The number of rotatable bonds is 9. The fourth-order valence-electron chi connectivity index (χ4n) is 1.92. The molecule has 0 saturated carbocycles. The third kappa shape index (κ3) is 7.15. The molecule has 0 spiro atoms. The second-order valence-electron chi connectivity index (χ2n) is 4.84. The number of carbonyl (C=O) groups excluding carboxylic acids is 1. The number of carboxylic acids is 1. The number of hydrogen-bond donors (Lipinski definition) is 2. The van der Waals surface area contributed by atoms with Crippen molar-refractivity contribution in [3.05, 3.63) is 24.3 Å². The van der Waals surface area contributed by atoms with Crippen molar-refractivity contribution in [2.24, 2.45) is 0 Å². The van der Waals surface area contributed by atoms with E-state index in [0.29, 0.717) is 19.5 Å². The van der Waals surface area contributed by atoms with Crippen molar-refractivity contribution in [1.82, 2.24) is 4.90 Å². The van der Waals surface area contributed by atoms with Gasteiger partial charge < -0.3 is 10.4 Å². The second-order valence-corrected chi connectivity index (χ2v) is 5.69. The molecule has 1 rings (SSSR count). The SMILES string of the molecule is CSc1ccccc1NC(=O)CN(C)CCCCC(=O)O. The molecule has 0 aliphatic heterocycles. The molecule has 1 aromatic carbocycles. The molecule has 0 radical (unpaired) electrons. The van der Waals surface area contributed by atoms with E-state index >= 15 is 0 Å². The van der Waals surface area contributed by atoms with Gasteiger partial charge in [0.25, 0.3) is 0 Å². The minimum Gasteiger partial charge on any atom is -0.481 e. The number of nitrogens with zero attached hydrogens (tertiary/aromatic N) is 1. The molecule has 21 heavy (non-hydrogen) atoms. The first-order valence-corrected chi connectivity index (χ1v) is 8.08. The van der Waals surface area contributed by atoms with E-state index in [9.17, 15) is 9.59 Å². The van der Waals surface area contributed by atoms with Crippen molar-refractivity contribution in [1.29, 1.82) is 0 Å². The standard InChI is InChI=1S/C15H22N2O3S/c1-17(10-6-5-9-15(19)20)11-14(18)16-12-7-3-4-8-13(12)21-2/h3-4,7-8H,5-6,9-11H2,1-2H3,(H,16,18)(H,19,20). The fourth-order valence-corrected chi connectivity index (χ4v) is 2.47. The van der Waals surface area contributed by atoms with E-state index < -0.39 is 5.97 Å². The molecule has 0 heterocycles. The van der Waals surface area contributed by atoms with Crippen molar-refractivity contribution in [3.8, 4) is 0 Å². The highest BCUT2D eigenvalue weighted by molar-refractivity contribution is 7.98. The Labute approximate surface area is 129 Å². The van der Waals surface area contributed by atoms with E-state index in [2.05, 4.69) is 5.32 Å². The molecular weight excluding hydrogens is 288 g/mol. The maximum atomic E-state index is 12.0. The van der Waals surface area contributed by atoms with Crippen molar-refractivity contribution in [2.75, 3.05) is 31.7 Å². The Balaban J connectivity index is 2.34. The smallest absolute Gasteiger partial charge is 0.303 e. The topological polar surface area (TPSA) is 69.6 Å². The lowest BCUT2D eigenvalue weighted by molar-refractivity contribution is -0.137. The lowest BCUT2D eigenvalue weighted by Crippen LogP contribution is -2.31. The zero-order chi connectivity index (χ0) is 15.7. The lowest BCUT2D eigenvalue weighted by atomic mass is 10.2. The lowest BCUT2D eigenvalue weighted by Gasteiger charge is -2.16. The molecule has 0 bridgehead atoms. The molecule has 1 aromatic rings. The summed E-state index contributed by atoms with van der Waals surface area (Å²) in [5.74, 6) is -0.832. The monoisotopic (exact) mass is 310 g/mol. The molecule has 0 aliphatic carbocycles. The average Bonchev–Trinajstić information content (AvgIpc) is 2.44. The molecule has 0 fully saturated rings. The van der Waals surface area contributed by atoms with Crippen molar-refractivity contribution in [3.63, 3.8) is 0 Å². The van der Waals surface area contributed by atoms with Crippen LogP contribution >= 0.6 is 11.8 Å². The summed E-state index contributed by atoms with van der Waals surface area (Å²) in [6.45, 7) is 1.01. The highest BCUT2D eigenvalue weighted by Crippen LogP contribution is 2.24. The zero-order valence-corrected chi connectivity index (χ0v) is 13.3. The van der Waals surface area contributed by atoms with Crippen LogP contribution in [-0.2, 0) is 9.59 Å². The van der Waals surface area contributed by atoms with Gasteiger partial charge in [-0.2, -0.15) is 0 Å². The van der Waals surface area contributed by atoms with Gasteiger partial charge in [-0.05, 0) is 44.8 Å². The van der Waals surface area contributed by atoms with Crippen LogP contribution in [0.3, 0.4) is 0 Å². The number of para-hydroxylation sites is 1. The Bertz CT molecular complexity index is 480. The summed E-state index contributed by atoms with van der Waals surface area (Å²) in [7, 11) is 1.86. The van der Waals surface area contributed by atoms with Crippen molar-refractivity contribution in [2.45, 2.75) is 24.2 Å². The highest BCUT2D eigenvalue weighted by Gasteiger charge is 2.09. The number of thioether (sulfide) groups is 1. The van der Waals surface area contributed by atoms with E-state index in [-0.39, 0.29) is 12.3 Å². The van der Waals surface area contributed by atoms with Crippen molar-refractivity contribution >= 4 is 29.3 Å². The third-order valence-electron chi connectivity index (χ3n) is 2.98. The highest BCUT2D eigenvalue weighted by atomic mass is 32.2. The largest absolute Gasteiger partial charge is 0.481 e. The van der Waals surface area contributed by atoms with Crippen LogP contribution in [0.1, 0.15) is 19.3 Å². The second kappa shape index (κ2) is 9.41. The summed E-state index contributed by atoms with van der Waals surface area (Å²) in [6, 6.07) is 7.69. The first-order chi connectivity index (χ1) is 10.0. The summed E-state index contributed by atoms with van der Waals surface area (Å²) < 4.78 is 0. The molecule has 0 atom stereocenters. The summed E-state index contributed by atoms with van der Waals surface area (Å²) in [5, 5.41) is 11.5. The molecule has 0 unspecified atom stereocenters. The molecule has 116 valence electrons. The van der Waals surface area contributed by atoms with Gasteiger partial charge in [-0.25, -0.2) is 0 Å². The normalized spacial score (nSPS) is 10.6. The van der Waals surface area contributed by atoms with Crippen LogP contribution in [0.2, 0.25) is 0 Å². The van der Waals surface area contributed by atoms with Crippen LogP contribution in [0.4, 0.5) is 5.69 Å². The maximum Gasteiger partial charge on any atom is 0.303 e. The van der Waals surface area contributed by atoms with Gasteiger partial charge in [-0.3, -0.25) is 14.5 Å². The number of anilines is 1. The Morgan fingerprint density at radius 3 is 2.67 bits per heavy atom. The molecule has 5 nitrogen and oxygen atoms in total. The third-order valence-corrected chi connectivity index (χ3v) is 3.77. The molecule has 6 heteroatoms. The average molecular weight is 310 g/mol. The predicted molar refractivity (Wildman–Crippen MR) is 85.8 cm³/mol. The number of amides is 1. The summed E-state index contributed by atoms with van der Waals surface area (Å²) in [4.78, 5) is 25.3. The van der Waals surface area contributed by atoms with E-state index in [1.54, 1.807) is 11.8 Å². The molecule has 0 aliphatic rings. The van der Waals surface area contributed by atoms with E-state index in [4.69, 9.17) is 5.11 Å². The fraction of sp³-hybridized carbons (Fsp3) is 0.467. The van der Waals surface area contributed by atoms with Gasteiger partial charge in [0, 0.05) is 11.3 Å². The van der Waals surface area contributed by atoms with Gasteiger partial charge in [-0.15, -0.1) is 11.8 Å². The van der Waals surface area contributed by atoms with Crippen LogP contribution in [0.25, 0.3) is 0 Å². The maximum absolute atomic E-state index is 12.0. The Morgan fingerprint density at radius 1 is 1.29 bits per heavy atom. The van der Waals surface area contributed by atoms with Crippen LogP contribution in [0.5, 0.6) is 0 Å². The van der Waals surface area contributed by atoms with Gasteiger partial charge in [0.05, 0.1) is 12.2 Å². The summed E-state index contributed by atoms with van der Waals surface area (Å²) in [5.41, 5.74) is 0.828. The number of benzene rings is 1. The van der Waals surface area contributed by atoms with Crippen LogP contribution in [-0.4, -0.2) is 48.3 Å². The number of aliphatic carboxylic acids is 1. The zero-order valence-electron chi connectivity index (χ0n) is 12.5. The number of carboxylic acid groups (broad SMARTS) is 1. The molecule has 2 N–H and O–H groups in total. The first kappa shape index (κ1) is 17.5. The van der Waals surface area contributed by atoms with Gasteiger partial charge in [0.1, 0.15) is 0 Å². The van der Waals surface area contributed by atoms with Crippen molar-refractivity contribution < 1.29 is 14.7 Å². The molecular formula is C15H22N2O3S. The van der Waals surface area contributed by atoms with Crippen LogP contribution in [0.15, 0.2) is 29.2 Å².